The summed E-state index contributed by atoms with van der Waals surface area (Å²) in [4.78, 5) is 32.1. The van der Waals surface area contributed by atoms with Crippen molar-refractivity contribution in [1.29, 1.82) is 0 Å². The molecule has 0 N–H and O–H groups in total. The lowest BCUT2D eigenvalue weighted by Gasteiger charge is -2.22. The van der Waals surface area contributed by atoms with E-state index in [4.69, 9.17) is 0 Å². The predicted molar refractivity (Wildman–Crippen MR) is 115 cm³/mol. The maximum Gasteiger partial charge on any atom is 0.262 e. The summed E-state index contributed by atoms with van der Waals surface area (Å²) in [5, 5.41) is 0.866. The summed E-state index contributed by atoms with van der Waals surface area (Å²) in [7, 11) is 1.80. The van der Waals surface area contributed by atoms with Crippen LogP contribution in [0, 0.1) is 0 Å². The van der Waals surface area contributed by atoms with Crippen molar-refractivity contribution >= 4 is 28.6 Å². The largest absolute Gasteiger partial charge is 0.340 e. The van der Waals surface area contributed by atoms with Crippen LogP contribution in [0.2, 0.25) is 0 Å². The summed E-state index contributed by atoms with van der Waals surface area (Å²) in [6.07, 6.45) is 0.823. The summed E-state index contributed by atoms with van der Waals surface area (Å²) < 4.78 is 1.69. The number of para-hydroxylation sites is 1. The number of hydrogen-bond acceptors (Lipinski definition) is 4. The van der Waals surface area contributed by atoms with Gasteiger partial charge >= 0.3 is 0 Å². The Hall–Kier alpha value is -2.60. The maximum atomic E-state index is 12.9. The van der Waals surface area contributed by atoms with E-state index >= 15 is 0 Å². The van der Waals surface area contributed by atoms with Gasteiger partial charge in [-0.3, -0.25) is 14.2 Å². The van der Waals surface area contributed by atoms with Crippen molar-refractivity contribution in [1.82, 2.24) is 14.5 Å². The number of thioether (sulfide) groups is 1. The van der Waals surface area contributed by atoms with Gasteiger partial charge in [0.2, 0.25) is 5.91 Å². The van der Waals surface area contributed by atoms with Crippen molar-refractivity contribution in [2.75, 3.05) is 7.05 Å². The van der Waals surface area contributed by atoms with E-state index in [2.05, 4.69) is 4.98 Å². The Morgan fingerprint density at radius 3 is 2.54 bits per heavy atom. The first-order chi connectivity index (χ1) is 13.5. The zero-order chi connectivity index (χ0) is 20.1. The van der Waals surface area contributed by atoms with Crippen molar-refractivity contribution in [3.63, 3.8) is 0 Å². The number of amides is 1. The van der Waals surface area contributed by atoms with Crippen LogP contribution in [0.1, 0.15) is 25.8 Å². The van der Waals surface area contributed by atoms with Gasteiger partial charge in [-0.1, -0.05) is 61.2 Å². The third-order valence-electron chi connectivity index (χ3n) is 4.54. The fourth-order valence-electron chi connectivity index (χ4n) is 3.11. The topological polar surface area (TPSA) is 55.2 Å². The molecule has 0 aliphatic heterocycles. The molecule has 1 atom stereocenters. The number of carbonyl (C=O) groups excluding carboxylic acids is 1. The minimum absolute atomic E-state index is 0.0132. The third kappa shape index (κ3) is 4.44. The Morgan fingerprint density at radius 2 is 1.82 bits per heavy atom. The summed E-state index contributed by atoms with van der Waals surface area (Å²) in [5.41, 5.74) is 1.70. The Kier molecular flexibility index (Phi) is 6.52. The van der Waals surface area contributed by atoms with E-state index in [1.54, 1.807) is 22.6 Å². The van der Waals surface area contributed by atoms with Crippen LogP contribution in [0.25, 0.3) is 10.9 Å². The van der Waals surface area contributed by atoms with Crippen LogP contribution in [0.4, 0.5) is 0 Å². The zero-order valence-electron chi connectivity index (χ0n) is 16.5. The molecule has 146 valence electrons. The molecule has 1 amide bonds. The van der Waals surface area contributed by atoms with Crippen molar-refractivity contribution in [2.45, 2.75) is 43.8 Å². The zero-order valence-corrected chi connectivity index (χ0v) is 17.3. The molecule has 0 saturated carbocycles. The summed E-state index contributed by atoms with van der Waals surface area (Å²) in [6.45, 7) is 5.03. The van der Waals surface area contributed by atoms with E-state index < -0.39 is 0 Å². The summed E-state index contributed by atoms with van der Waals surface area (Å²) in [5.74, 6) is 0.0132. The molecule has 3 aromatic rings. The second kappa shape index (κ2) is 9.06. The molecule has 2 aromatic carbocycles. The SMILES string of the molecule is CCCn1c(SC(C)C(=O)N(C)Cc2ccccc2)nc2ccccc2c1=O. The molecule has 0 bridgehead atoms. The van der Waals surface area contributed by atoms with Crippen molar-refractivity contribution < 1.29 is 4.79 Å². The van der Waals surface area contributed by atoms with Crippen LogP contribution in [0.5, 0.6) is 0 Å². The van der Waals surface area contributed by atoms with E-state index in [-0.39, 0.29) is 16.7 Å². The summed E-state index contributed by atoms with van der Waals surface area (Å²) in [6, 6.07) is 17.3. The molecule has 0 aliphatic carbocycles. The van der Waals surface area contributed by atoms with Crippen molar-refractivity contribution in [3.8, 4) is 0 Å². The first kappa shape index (κ1) is 20.1. The molecule has 1 aromatic heterocycles. The van der Waals surface area contributed by atoms with E-state index in [1.165, 1.54) is 11.8 Å². The molecular weight excluding hydrogens is 370 g/mol. The number of benzene rings is 2. The van der Waals surface area contributed by atoms with Gasteiger partial charge in [0.05, 0.1) is 16.2 Å². The van der Waals surface area contributed by atoms with Gasteiger partial charge in [0.1, 0.15) is 0 Å². The second-order valence-corrected chi connectivity index (χ2v) is 8.12. The standard InChI is InChI=1S/C22H25N3O2S/c1-4-14-25-21(27)18-12-8-9-13-19(18)23-22(25)28-16(2)20(26)24(3)15-17-10-6-5-7-11-17/h5-13,16H,4,14-15H2,1-3H3. The number of hydrogen-bond donors (Lipinski definition) is 0. The Morgan fingerprint density at radius 1 is 1.14 bits per heavy atom. The van der Waals surface area contributed by atoms with E-state index in [0.717, 1.165) is 12.0 Å². The van der Waals surface area contributed by atoms with Gasteiger partial charge in [0.15, 0.2) is 5.16 Å². The molecule has 28 heavy (non-hydrogen) atoms. The van der Waals surface area contributed by atoms with Crippen LogP contribution in [-0.2, 0) is 17.9 Å². The van der Waals surface area contributed by atoms with Gasteiger partial charge in [-0.25, -0.2) is 4.98 Å². The average Bonchev–Trinajstić information content (AvgIpc) is 2.71. The van der Waals surface area contributed by atoms with E-state index in [1.807, 2.05) is 62.4 Å². The molecule has 0 saturated heterocycles. The third-order valence-corrected chi connectivity index (χ3v) is 5.62. The highest BCUT2D eigenvalue weighted by Gasteiger charge is 2.22. The molecule has 5 nitrogen and oxygen atoms in total. The number of nitrogens with zero attached hydrogens (tertiary/aromatic N) is 3. The number of rotatable bonds is 7. The quantitative estimate of drug-likeness (QED) is 0.449. The molecule has 0 fully saturated rings. The highest BCUT2D eigenvalue weighted by molar-refractivity contribution is 8.00. The molecule has 1 unspecified atom stereocenters. The minimum Gasteiger partial charge on any atom is -0.340 e. The molecule has 0 radical (unpaired) electrons. The smallest absolute Gasteiger partial charge is 0.262 e. The van der Waals surface area contributed by atoms with E-state index in [0.29, 0.717) is 29.1 Å². The number of fused-ring (bicyclic) bond motifs is 1. The second-order valence-electron chi connectivity index (χ2n) is 6.81. The molecule has 0 aliphatic rings. The van der Waals surface area contributed by atoms with Gasteiger partial charge in [-0.15, -0.1) is 0 Å². The molecule has 0 spiro atoms. The van der Waals surface area contributed by atoms with Crippen LogP contribution in [0.15, 0.2) is 64.5 Å². The monoisotopic (exact) mass is 395 g/mol. The minimum atomic E-state index is -0.343. The first-order valence-corrected chi connectivity index (χ1v) is 10.3. The molecular formula is C22H25N3O2S. The predicted octanol–water partition coefficient (Wildman–Crippen LogP) is 3.95. The van der Waals surface area contributed by atoms with Crippen LogP contribution in [-0.4, -0.2) is 32.7 Å². The van der Waals surface area contributed by atoms with E-state index in [9.17, 15) is 9.59 Å². The van der Waals surface area contributed by atoms with Crippen molar-refractivity contribution in [3.05, 3.63) is 70.5 Å². The summed E-state index contributed by atoms with van der Waals surface area (Å²) >= 11 is 1.35. The Balaban J connectivity index is 1.83. The van der Waals surface area contributed by atoms with Gasteiger partial charge in [0.25, 0.3) is 5.56 Å². The van der Waals surface area contributed by atoms with Crippen molar-refractivity contribution in [2.24, 2.45) is 0 Å². The van der Waals surface area contributed by atoms with Gasteiger partial charge in [-0.05, 0) is 31.0 Å². The Bertz CT molecular complexity index is 1020. The van der Waals surface area contributed by atoms with Crippen LogP contribution < -0.4 is 5.56 Å². The van der Waals surface area contributed by atoms with Gasteiger partial charge in [0, 0.05) is 20.1 Å². The van der Waals surface area contributed by atoms with Gasteiger partial charge < -0.3 is 4.90 Å². The molecule has 6 heteroatoms. The fourth-order valence-corrected chi connectivity index (χ4v) is 4.16. The highest BCUT2D eigenvalue weighted by Crippen LogP contribution is 2.24. The normalized spacial score (nSPS) is 12.1. The number of aromatic nitrogens is 2. The molecule has 1 heterocycles. The average molecular weight is 396 g/mol. The number of carbonyl (C=O) groups is 1. The lowest BCUT2D eigenvalue weighted by Crippen LogP contribution is -2.33. The maximum absolute atomic E-state index is 12.9. The van der Waals surface area contributed by atoms with Crippen LogP contribution >= 0.6 is 11.8 Å². The highest BCUT2D eigenvalue weighted by atomic mass is 32.2. The first-order valence-electron chi connectivity index (χ1n) is 9.46. The van der Waals surface area contributed by atoms with Crippen LogP contribution in [0.3, 0.4) is 0 Å². The fraction of sp³-hybridized carbons (Fsp3) is 0.318. The van der Waals surface area contributed by atoms with Gasteiger partial charge in [-0.2, -0.15) is 0 Å². The Labute approximate surface area is 169 Å². The molecule has 3 rings (SSSR count). The lowest BCUT2D eigenvalue weighted by atomic mass is 10.2. The lowest BCUT2D eigenvalue weighted by molar-refractivity contribution is -0.129.